The molecule has 1 saturated heterocycles. The third kappa shape index (κ3) is 2.55. The quantitative estimate of drug-likeness (QED) is 0.484. The highest BCUT2D eigenvalue weighted by atomic mass is 16.5. The lowest BCUT2D eigenvalue weighted by molar-refractivity contribution is -0.125. The largest absolute Gasteiger partial charge is 0.380 e. The third-order valence-electron chi connectivity index (χ3n) is 1.74. The maximum absolute atomic E-state index is 11.2. The topological polar surface area (TPSA) is 29.5 Å². The zero-order valence-electron chi connectivity index (χ0n) is 7.30. The molecule has 1 amide bonds. The number of nitrogens with zero attached hydrogens (tertiary/aromatic N) is 1. The Bertz CT molecular complexity index is 206. The van der Waals surface area contributed by atoms with Crippen LogP contribution in [-0.2, 0) is 9.53 Å². The molecule has 0 aromatic carbocycles. The van der Waals surface area contributed by atoms with Crippen molar-refractivity contribution < 1.29 is 9.53 Å². The van der Waals surface area contributed by atoms with Crippen molar-refractivity contribution in [3.8, 4) is 11.8 Å². The van der Waals surface area contributed by atoms with E-state index in [2.05, 4.69) is 11.8 Å². The number of carbonyl (C=O) groups is 1. The average molecular weight is 167 g/mol. The molecule has 1 fully saturated rings. The van der Waals surface area contributed by atoms with E-state index in [9.17, 15) is 4.79 Å². The predicted molar refractivity (Wildman–Crippen MR) is 45.5 cm³/mol. The fourth-order valence-corrected chi connectivity index (χ4v) is 1.14. The van der Waals surface area contributed by atoms with E-state index < -0.39 is 0 Å². The Labute approximate surface area is 72.7 Å². The fourth-order valence-electron chi connectivity index (χ4n) is 1.14. The van der Waals surface area contributed by atoms with Gasteiger partial charge in [-0.05, 0) is 19.3 Å². The lowest BCUT2D eigenvalue weighted by atomic mass is 10.4. The van der Waals surface area contributed by atoms with Crippen molar-refractivity contribution >= 4 is 5.91 Å². The van der Waals surface area contributed by atoms with Gasteiger partial charge in [0.2, 0.25) is 0 Å². The second kappa shape index (κ2) is 4.78. The van der Waals surface area contributed by atoms with E-state index in [1.165, 1.54) is 0 Å². The summed E-state index contributed by atoms with van der Waals surface area (Å²) in [5.74, 6) is 5.05. The molecule has 3 nitrogen and oxygen atoms in total. The number of hydrogen-bond donors (Lipinski definition) is 0. The van der Waals surface area contributed by atoms with Crippen LogP contribution in [-0.4, -0.2) is 37.1 Å². The lowest BCUT2D eigenvalue weighted by Crippen LogP contribution is -2.31. The van der Waals surface area contributed by atoms with Crippen molar-refractivity contribution in [2.24, 2.45) is 0 Å². The van der Waals surface area contributed by atoms with Crippen LogP contribution in [0.15, 0.2) is 0 Å². The number of hydrogen-bond acceptors (Lipinski definition) is 2. The Morgan fingerprint density at radius 2 is 2.25 bits per heavy atom. The van der Waals surface area contributed by atoms with Crippen LogP contribution >= 0.6 is 0 Å². The molecule has 1 aliphatic rings. The lowest BCUT2D eigenvalue weighted by Gasteiger charge is -2.15. The molecule has 0 radical (unpaired) electrons. The smallest absolute Gasteiger partial charge is 0.298 e. The van der Waals surface area contributed by atoms with Crippen LogP contribution in [0, 0.1) is 11.8 Å². The van der Waals surface area contributed by atoms with Crippen LogP contribution in [0.4, 0.5) is 0 Å². The van der Waals surface area contributed by atoms with Crippen molar-refractivity contribution in [1.82, 2.24) is 4.90 Å². The molecule has 1 aliphatic heterocycles. The highest BCUT2D eigenvalue weighted by molar-refractivity contribution is 5.93. The molecule has 0 aromatic rings. The molecule has 0 saturated carbocycles. The fraction of sp³-hybridized carbons (Fsp3) is 0.667. The molecule has 0 unspecified atom stereocenters. The maximum Gasteiger partial charge on any atom is 0.298 e. The number of amides is 1. The molecule has 0 atom stereocenters. The molecule has 1 heterocycles. The van der Waals surface area contributed by atoms with Crippen molar-refractivity contribution in [3.05, 3.63) is 0 Å². The first-order valence-electron chi connectivity index (χ1n) is 4.14. The molecule has 1 rings (SSSR count). The van der Waals surface area contributed by atoms with Gasteiger partial charge in [-0.3, -0.25) is 4.79 Å². The summed E-state index contributed by atoms with van der Waals surface area (Å²) in [4.78, 5) is 13.0. The third-order valence-corrected chi connectivity index (χ3v) is 1.74. The van der Waals surface area contributed by atoms with Gasteiger partial charge in [-0.2, -0.15) is 0 Å². The first-order chi connectivity index (χ1) is 5.84. The molecule has 0 spiro atoms. The first kappa shape index (κ1) is 9.08. The molecule has 12 heavy (non-hydrogen) atoms. The van der Waals surface area contributed by atoms with Crippen molar-refractivity contribution in [2.75, 3.05) is 26.3 Å². The Balaban J connectivity index is 2.46. The van der Waals surface area contributed by atoms with Crippen LogP contribution in [0.25, 0.3) is 0 Å². The molecule has 0 N–H and O–H groups in total. The minimum Gasteiger partial charge on any atom is -0.380 e. The average Bonchev–Trinajstić information content (AvgIpc) is 2.32. The van der Waals surface area contributed by atoms with Crippen LogP contribution in [0.3, 0.4) is 0 Å². The van der Waals surface area contributed by atoms with Crippen LogP contribution in [0.2, 0.25) is 0 Å². The van der Waals surface area contributed by atoms with E-state index in [1.54, 1.807) is 11.8 Å². The summed E-state index contributed by atoms with van der Waals surface area (Å²) in [6.45, 7) is 4.51. The second-order valence-corrected chi connectivity index (χ2v) is 2.63. The zero-order chi connectivity index (χ0) is 8.81. The number of carbonyl (C=O) groups excluding carboxylic acids is 1. The van der Waals surface area contributed by atoms with Gasteiger partial charge in [-0.15, -0.1) is 0 Å². The van der Waals surface area contributed by atoms with E-state index in [-0.39, 0.29) is 5.91 Å². The molecule has 0 aliphatic carbocycles. The molecular formula is C9H13NO2. The van der Waals surface area contributed by atoms with Gasteiger partial charge in [-0.1, -0.05) is 5.92 Å². The molecule has 3 heteroatoms. The van der Waals surface area contributed by atoms with Gasteiger partial charge in [0.05, 0.1) is 6.61 Å². The van der Waals surface area contributed by atoms with Gasteiger partial charge in [0.1, 0.15) is 0 Å². The normalized spacial score (nSPS) is 17.6. The van der Waals surface area contributed by atoms with Gasteiger partial charge in [-0.25, -0.2) is 0 Å². The summed E-state index contributed by atoms with van der Waals surface area (Å²) in [5, 5.41) is 0. The summed E-state index contributed by atoms with van der Waals surface area (Å²) < 4.78 is 5.21. The van der Waals surface area contributed by atoms with Crippen LogP contribution < -0.4 is 0 Å². The molecule has 0 bridgehead atoms. The number of ether oxygens (including phenoxy) is 1. The zero-order valence-corrected chi connectivity index (χ0v) is 7.30. The summed E-state index contributed by atoms with van der Waals surface area (Å²) in [5.41, 5.74) is 0. The second-order valence-electron chi connectivity index (χ2n) is 2.63. The van der Waals surface area contributed by atoms with E-state index in [4.69, 9.17) is 4.74 Å². The highest BCUT2D eigenvalue weighted by Gasteiger charge is 2.12. The van der Waals surface area contributed by atoms with E-state index in [1.807, 2.05) is 0 Å². The Morgan fingerprint density at radius 3 is 3.00 bits per heavy atom. The van der Waals surface area contributed by atoms with Crippen molar-refractivity contribution in [2.45, 2.75) is 13.3 Å². The predicted octanol–water partition coefficient (Wildman–Crippen LogP) is 0.259. The first-order valence-corrected chi connectivity index (χ1v) is 4.14. The monoisotopic (exact) mass is 167 g/mol. The molecule has 0 aromatic heterocycles. The van der Waals surface area contributed by atoms with Crippen LogP contribution in [0.1, 0.15) is 13.3 Å². The van der Waals surface area contributed by atoms with Crippen LogP contribution in [0.5, 0.6) is 0 Å². The minimum absolute atomic E-state index is 0.0806. The van der Waals surface area contributed by atoms with Gasteiger partial charge in [0.25, 0.3) is 5.91 Å². The van der Waals surface area contributed by atoms with E-state index in [0.717, 1.165) is 19.6 Å². The summed E-state index contributed by atoms with van der Waals surface area (Å²) in [6.07, 6.45) is 0.914. The number of rotatable bonds is 0. The Kier molecular flexibility index (Phi) is 3.62. The summed E-state index contributed by atoms with van der Waals surface area (Å²) >= 11 is 0. The summed E-state index contributed by atoms with van der Waals surface area (Å²) in [7, 11) is 0. The van der Waals surface area contributed by atoms with Crippen molar-refractivity contribution in [3.63, 3.8) is 0 Å². The van der Waals surface area contributed by atoms with Gasteiger partial charge < -0.3 is 9.64 Å². The maximum atomic E-state index is 11.2. The Hall–Kier alpha value is -1.01. The molecule has 66 valence electrons. The highest BCUT2D eigenvalue weighted by Crippen LogP contribution is 1.98. The molecular weight excluding hydrogens is 154 g/mol. The van der Waals surface area contributed by atoms with Gasteiger partial charge >= 0.3 is 0 Å². The Morgan fingerprint density at radius 1 is 1.42 bits per heavy atom. The SMILES string of the molecule is CC#CC(=O)N1CCCOCC1. The van der Waals surface area contributed by atoms with Gasteiger partial charge in [0, 0.05) is 19.7 Å². The van der Waals surface area contributed by atoms with E-state index in [0.29, 0.717) is 13.2 Å². The standard InChI is InChI=1S/C9H13NO2/c1-2-4-9(11)10-5-3-7-12-8-6-10/h3,5-8H2,1H3. The van der Waals surface area contributed by atoms with E-state index >= 15 is 0 Å². The van der Waals surface area contributed by atoms with Crippen molar-refractivity contribution in [1.29, 1.82) is 0 Å². The summed E-state index contributed by atoms with van der Waals surface area (Å²) in [6, 6.07) is 0. The van der Waals surface area contributed by atoms with Gasteiger partial charge in [0.15, 0.2) is 0 Å². The minimum atomic E-state index is -0.0806.